The van der Waals surface area contributed by atoms with Crippen molar-refractivity contribution in [2.45, 2.75) is 26.0 Å². The summed E-state index contributed by atoms with van der Waals surface area (Å²) in [6.45, 7) is 4.89. The lowest BCUT2D eigenvalue weighted by Gasteiger charge is -2.35. The summed E-state index contributed by atoms with van der Waals surface area (Å²) in [5, 5.41) is 32.2. The minimum absolute atomic E-state index is 0. The van der Waals surface area contributed by atoms with Gasteiger partial charge in [-0.25, -0.2) is 0 Å². The molecule has 0 saturated carbocycles. The molecule has 0 bridgehead atoms. The predicted molar refractivity (Wildman–Crippen MR) is 88.5 cm³/mol. The highest BCUT2D eigenvalue weighted by molar-refractivity contribution is 5.85. The molecule has 8 heteroatoms. The van der Waals surface area contributed by atoms with E-state index in [9.17, 15) is 10.2 Å². The average Bonchev–Trinajstić information content (AvgIpc) is 2.49. The summed E-state index contributed by atoms with van der Waals surface area (Å²) in [7, 11) is 0. The molecule has 0 amide bonds. The molecular formula is C14H22Cl2N4O2. The summed E-state index contributed by atoms with van der Waals surface area (Å²) < 4.78 is 0. The molecule has 2 rings (SSSR count). The average molecular weight is 349 g/mol. The van der Waals surface area contributed by atoms with Crippen LogP contribution in [0.15, 0.2) is 6.20 Å². The molecule has 0 spiro atoms. The summed E-state index contributed by atoms with van der Waals surface area (Å²) in [4.78, 5) is 6.25. The van der Waals surface area contributed by atoms with Gasteiger partial charge in [-0.15, -0.1) is 24.8 Å². The van der Waals surface area contributed by atoms with Crippen molar-refractivity contribution >= 4 is 24.8 Å². The smallest absolute Gasteiger partial charge is 0.141 e. The number of aromatic hydroxyl groups is 1. The fourth-order valence-electron chi connectivity index (χ4n) is 2.64. The van der Waals surface area contributed by atoms with Gasteiger partial charge in [0.1, 0.15) is 5.75 Å². The van der Waals surface area contributed by atoms with E-state index in [1.807, 2.05) is 0 Å². The number of halogens is 2. The number of piperazine rings is 1. The van der Waals surface area contributed by atoms with E-state index in [1.165, 1.54) is 0 Å². The zero-order valence-corrected chi connectivity index (χ0v) is 14.1. The van der Waals surface area contributed by atoms with Crippen LogP contribution < -0.4 is 5.32 Å². The maximum atomic E-state index is 10.3. The molecule has 1 saturated heterocycles. The van der Waals surface area contributed by atoms with E-state index in [-0.39, 0.29) is 49.6 Å². The van der Waals surface area contributed by atoms with Gasteiger partial charge in [-0.2, -0.15) is 5.26 Å². The molecule has 3 N–H and O–H groups in total. The number of aromatic nitrogens is 1. The summed E-state index contributed by atoms with van der Waals surface area (Å²) >= 11 is 0. The highest BCUT2D eigenvalue weighted by atomic mass is 35.5. The molecule has 0 unspecified atom stereocenters. The van der Waals surface area contributed by atoms with Gasteiger partial charge < -0.3 is 15.5 Å². The molecule has 2 heterocycles. The van der Waals surface area contributed by atoms with Gasteiger partial charge in [-0.3, -0.25) is 9.88 Å². The molecule has 1 aromatic heterocycles. The summed E-state index contributed by atoms with van der Waals surface area (Å²) in [5.41, 5.74) is 1.76. The van der Waals surface area contributed by atoms with Gasteiger partial charge in [0.2, 0.25) is 0 Å². The highest BCUT2D eigenvalue weighted by Gasteiger charge is 2.27. The molecule has 1 fully saturated rings. The number of aliphatic hydroxyl groups is 1. The largest absolute Gasteiger partial charge is 0.506 e. The molecule has 6 nitrogen and oxygen atoms in total. The molecule has 0 aromatic carbocycles. The second kappa shape index (κ2) is 9.82. The fraction of sp³-hybridized carbons (Fsp3) is 0.571. The lowest BCUT2D eigenvalue weighted by molar-refractivity contribution is 0.169. The minimum Gasteiger partial charge on any atom is -0.506 e. The molecule has 0 aliphatic carbocycles. The van der Waals surface area contributed by atoms with Crippen LogP contribution >= 0.6 is 24.8 Å². The van der Waals surface area contributed by atoms with Crippen LogP contribution in [0.1, 0.15) is 29.3 Å². The summed E-state index contributed by atoms with van der Waals surface area (Å²) in [6, 6.07) is 1.98. The summed E-state index contributed by atoms with van der Waals surface area (Å²) in [5.74, 6) is 0.0929. The predicted octanol–water partition coefficient (Wildman–Crippen LogP) is 1.29. The Morgan fingerprint density at radius 3 is 2.59 bits per heavy atom. The van der Waals surface area contributed by atoms with Gasteiger partial charge in [0.05, 0.1) is 30.8 Å². The van der Waals surface area contributed by atoms with Crippen molar-refractivity contribution in [1.29, 1.82) is 5.26 Å². The van der Waals surface area contributed by atoms with Crippen LogP contribution in [-0.4, -0.2) is 46.3 Å². The molecule has 0 radical (unpaired) electrons. The molecule has 1 aliphatic heterocycles. The lowest BCUT2D eigenvalue weighted by atomic mass is 9.96. The number of pyridine rings is 1. The zero-order chi connectivity index (χ0) is 14.5. The molecule has 1 atom stereocenters. The van der Waals surface area contributed by atoms with Crippen molar-refractivity contribution in [1.82, 2.24) is 15.2 Å². The van der Waals surface area contributed by atoms with Crippen LogP contribution in [0.4, 0.5) is 0 Å². The first-order chi connectivity index (χ1) is 9.69. The normalized spacial score (nSPS) is 16.0. The molecule has 124 valence electrons. The molecular weight excluding hydrogens is 327 g/mol. The van der Waals surface area contributed by atoms with E-state index in [1.54, 1.807) is 13.1 Å². The standard InChI is InChI=1S/C14H20N4O2.2ClH/c1-10-14(20)13(11(9-19)8-17-10)12(2-3-15)18-6-4-16-5-7-18;;/h8,12,16,19-20H,2,4-7,9H2,1H3;2*1H/t12-;;/m0../s1. The van der Waals surface area contributed by atoms with Crippen LogP contribution in [0.3, 0.4) is 0 Å². The summed E-state index contributed by atoms with van der Waals surface area (Å²) in [6.07, 6.45) is 1.86. The van der Waals surface area contributed by atoms with E-state index in [4.69, 9.17) is 5.26 Å². The first kappa shape index (κ1) is 20.9. The Balaban J connectivity index is 0.00000220. The van der Waals surface area contributed by atoms with Crippen molar-refractivity contribution in [3.63, 3.8) is 0 Å². The number of nitrogens with zero attached hydrogens (tertiary/aromatic N) is 3. The number of nitriles is 1. The van der Waals surface area contributed by atoms with E-state index >= 15 is 0 Å². The van der Waals surface area contributed by atoms with Gasteiger partial charge in [0, 0.05) is 43.5 Å². The SMILES string of the molecule is Cc1ncc(CO)c([C@H](CC#N)N2CCNCC2)c1O.Cl.Cl. The van der Waals surface area contributed by atoms with Crippen molar-refractivity contribution in [2.24, 2.45) is 0 Å². The van der Waals surface area contributed by atoms with E-state index in [0.717, 1.165) is 26.2 Å². The third-order valence-corrected chi connectivity index (χ3v) is 3.74. The Morgan fingerprint density at radius 2 is 2.05 bits per heavy atom. The maximum Gasteiger partial charge on any atom is 0.141 e. The van der Waals surface area contributed by atoms with Crippen LogP contribution in [0.2, 0.25) is 0 Å². The Hall–Kier alpha value is -1.10. The third kappa shape index (κ3) is 4.45. The molecule has 22 heavy (non-hydrogen) atoms. The Morgan fingerprint density at radius 1 is 1.41 bits per heavy atom. The van der Waals surface area contributed by atoms with Gasteiger partial charge in [-0.1, -0.05) is 0 Å². The minimum atomic E-state index is -0.203. The third-order valence-electron chi connectivity index (χ3n) is 3.74. The van der Waals surface area contributed by atoms with Crippen molar-refractivity contribution in [3.8, 4) is 11.8 Å². The highest BCUT2D eigenvalue weighted by Crippen LogP contribution is 2.35. The fourth-order valence-corrected chi connectivity index (χ4v) is 2.64. The first-order valence-corrected chi connectivity index (χ1v) is 6.79. The van der Waals surface area contributed by atoms with Gasteiger partial charge in [0.25, 0.3) is 0 Å². The van der Waals surface area contributed by atoms with Crippen LogP contribution in [0.5, 0.6) is 5.75 Å². The molecule has 1 aromatic rings. The van der Waals surface area contributed by atoms with E-state index < -0.39 is 0 Å². The second-order valence-corrected chi connectivity index (χ2v) is 4.95. The number of hydrogen-bond acceptors (Lipinski definition) is 6. The number of rotatable bonds is 4. The number of nitrogens with one attached hydrogen (secondary N) is 1. The zero-order valence-electron chi connectivity index (χ0n) is 12.4. The molecule has 1 aliphatic rings. The van der Waals surface area contributed by atoms with Crippen LogP contribution in [0.25, 0.3) is 0 Å². The topological polar surface area (TPSA) is 92.4 Å². The van der Waals surface area contributed by atoms with E-state index in [0.29, 0.717) is 16.8 Å². The monoisotopic (exact) mass is 348 g/mol. The number of aliphatic hydroxyl groups excluding tert-OH is 1. The van der Waals surface area contributed by atoms with Gasteiger partial charge in [0.15, 0.2) is 0 Å². The van der Waals surface area contributed by atoms with Gasteiger partial charge in [-0.05, 0) is 6.92 Å². The first-order valence-electron chi connectivity index (χ1n) is 6.79. The van der Waals surface area contributed by atoms with Crippen LogP contribution in [-0.2, 0) is 6.61 Å². The van der Waals surface area contributed by atoms with Crippen molar-refractivity contribution < 1.29 is 10.2 Å². The maximum absolute atomic E-state index is 10.3. The van der Waals surface area contributed by atoms with E-state index in [2.05, 4.69) is 21.3 Å². The Labute approximate surface area is 143 Å². The quantitative estimate of drug-likeness (QED) is 0.759. The van der Waals surface area contributed by atoms with Crippen molar-refractivity contribution in [2.75, 3.05) is 26.2 Å². The number of aryl methyl sites for hydroxylation is 1. The van der Waals surface area contributed by atoms with Crippen molar-refractivity contribution in [3.05, 3.63) is 23.0 Å². The second-order valence-electron chi connectivity index (χ2n) is 4.95. The Kier molecular flexibility index (Phi) is 9.33. The number of hydrogen-bond donors (Lipinski definition) is 3. The lowest BCUT2D eigenvalue weighted by Crippen LogP contribution is -2.45. The Bertz CT molecular complexity index is 516. The van der Waals surface area contributed by atoms with Gasteiger partial charge >= 0.3 is 0 Å². The van der Waals surface area contributed by atoms with Crippen LogP contribution in [0, 0.1) is 18.3 Å².